The highest BCUT2D eigenvalue weighted by molar-refractivity contribution is 5.33. The molecule has 3 aromatic rings. The second-order valence-electron chi connectivity index (χ2n) is 4.71. The lowest BCUT2D eigenvalue weighted by molar-refractivity contribution is 0.397. The normalized spacial score (nSPS) is 11.9. The number of aromatic nitrogens is 5. The zero-order chi connectivity index (χ0) is 15.4. The molecule has 0 bridgehead atoms. The van der Waals surface area contributed by atoms with Crippen LogP contribution in [0.3, 0.4) is 0 Å². The lowest BCUT2D eigenvalue weighted by Crippen LogP contribution is -2.10. The van der Waals surface area contributed by atoms with E-state index in [0.717, 1.165) is 11.4 Å². The summed E-state index contributed by atoms with van der Waals surface area (Å²) in [7, 11) is 1.57. The summed E-state index contributed by atoms with van der Waals surface area (Å²) in [5.41, 5.74) is 1.77. The summed E-state index contributed by atoms with van der Waals surface area (Å²) in [5.74, 6) is 0.999. The van der Waals surface area contributed by atoms with Gasteiger partial charge in [-0.3, -0.25) is 0 Å². The van der Waals surface area contributed by atoms with Crippen LogP contribution in [0.1, 0.15) is 18.7 Å². The van der Waals surface area contributed by atoms with Crippen molar-refractivity contribution in [2.24, 2.45) is 0 Å². The predicted octanol–water partition coefficient (Wildman–Crippen LogP) is 2.24. The quantitative estimate of drug-likeness (QED) is 0.778. The Hall–Kier alpha value is -2.96. The lowest BCUT2D eigenvalue weighted by Gasteiger charge is -2.10. The number of nitrogens with one attached hydrogen (secondary N) is 1. The van der Waals surface area contributed by atoms with Gasteiger partial charge in [0.2, 0.25) is 11.8 Å². The van der Waals surface area contributed by atoms with Crippen LogP contribution >= 0.6 is 0 Å². The van der Waals surface area contributed by atoms with Crippen molar-refractivity contribution in [3.63, 3.8) is 0 Å². The molecular weight excluding hydrogens is 280 g/mol. The van der Waals surface area contributed by atoms with E-state index in [9.17, 15) is 0 Å². The highest BCUT2D eigenvalue weighted by atomic mass is 16.5. The molecule has 1 unspecified atom stereocenters. The summed E-state index contributed by atoms with van der Waals surface area (Å²) in [6.07, 6.45) is 3.52. The van der Waals surface area contributed by atoms with E-state index in [1.54, 1.807) is 24.1 Å². The molecule has 0 saturated heterocycles. The van der Waals surface area contributed by atoms with E-state index in [0.29, 0.717) is 11.8 Å². The molecule has 22 heavy (non-hydrogen) atoms. The number of para-hydroxylation sites is 1. The Morgan fingerprint density at radius 2 is 2.00 bits per heavy atom. The largest absolute Gasteiger partial charge is 0.481 e. The maximum absolute atomic E-state index is 5.08. The van der Waals surface area contributed by atoms with Gasteiger partial charge in [-0.05, 0) is 19.1 Å². The molecular formula is C15H16N6O. The molecule has 0 spiro atoms. The van der Waals surface area contributed by atoms with Gasteiger partial charge in [0.15, 0.2) is 0 Å². The molecule has 1 atom stereocenters. The zero-order valence-corrected chi connectivity index (χ0v) is 12.3. The predicted molar refractivity (Wildman–Crippen MR) is 82.0 cm³/mol. The number of hydrogen-bond donors (Lipinski definition) is 1. The number of hydrogen-bond acceptors (Lipinski definition) is 6. The van der Waals surface area contributed by atoms with Crippen molar-refractivity contribution < 1.29 is 4.74 Å². The molecule has 0 radical (unpaired) electrons. The van der Waals surface area contributed by atoms with Gasteiger partial charge in [0, 0.05) is 12.3 Å². The second kappa shape index (κ2) is 6.21. The van der Waals surface area contributed by atoms with Crippen LogP contribution in [0.15, 0.2) is 48.8 Å². The third kappa shape index (κ3) is 3.03. The van der Waals surface area contributed by atoms with Gasteiger partial charge in [-0.2, -0.15) is 4.98 Å². The van der Waals surface area contributed by atoms with E-state index >= 15 is 0 Å². The van der Waals surface area contributed by atoms with Crippen LogP contribution in [-0.4, -0.2) is 32.1 Å². The average molecular weight is 296 g/mol. The van der Waals surface area contributed by atoms with Crippen molar-refractivity contribution in [3.05, 3.63) is 54.5 Å². The number of nitrogens with zero attached hydrogens (tertiary/aromatic N) is 5. The highest BCUT2D eigenvalue weighted by Gasteiger charge is 2.12. The first kappa shape index (κ1) is 14.0. The van der Waals surface area contributed by atoms with E-state index in [1.165, 1.54) is 0 Å². The van der Waals surface area contributed by atoms with Gasteiger partial charge in [0.1, 0.15) is 5.69 Å². The Balaban J connectivity index is 1.75. The minimum Gasteiger partial charge on any atom is -0.481 e. The fourth-order valence-electron chi connectivity index (χ4n) is 1.98. The molecule has 0 aliphatic carbocycles. The van der Waals surface area contributed by atoms with Gasteiger partial charge in [-0.25, -0.2) is 9.67 Å². The maximum Gasteiger partial charge on any atom is 0.226 e. The van der Waals surface area contributed by atoms with Gasteiger partial charge in [-0.1, -0.05) is 23.4 Å². The van der Waals surface area contributed by atoms with E-state index in [-0.39, 0.29) is 6.04 Å². The molecule has 3 rings (SSSR count). The van der Waals surface area contributed by atoms with Gasteiger partial charge in [0.05, 0.1) is 25.0 Å². The van der Waals surface area contributed by atoms with E-state index in [1.807, 2.05) is 43.5 Å². The van der Waals surface area contributed by atoms with E-state index in [4.69, 9.17) is 4.74 Å². The Bertz CT molecular complexity index is 743. The van der Waals surface area contributed by atoms with E-state index in [2.05, 4.69) is 25.6 Å². The minimum absolute atomic E-state index is 0.0791. The van der Waals surface area contributed by atoms with Crippen LogP contribution in [0.4, 0.5) is 5.95 Å². The fraction of sp³-hybridized carbons (Fsp3) is 0.200. The summed E-state index contributed by atoms with van der Waals surface area (Å²) in [6.45, 7) is 1.97. The third-order valence-corrected chi connectivity index (χ3v) is 3.16. The monoisotopic (exact) mass is 296 g/mol. The molecule has 2 aromatic heterocycles. The van der Waals surface area contributed by atoms with Crippen molar-refractivity contribution in [1.29, 1.82) is 0 Å². The van der Waals surface area contributed by atoms with Gasteiger partial charge in [0.25, 0.3) is 0 Å². The van der Waals surface area contributed by atoms with Crippen molar-refractivity contribution in [2.45, 2.75) is 13.0 Å². The van der Waals surface area contributed by atoms with Crippen molar-refractivity contribution >= 4 is 5.95 Å². The molecule has 0 amide bonds. The molecule has 0 saturated carbocycles. The first-order chi connectivity index (χ1) is 10.8. The highest BCUT2D eigenvalue weighted by Crippen LogP contribution is 2.17. The Kier molecular flexibility index (Phi) is 3.95. The Morgan fingerprint density at radius 1 is 1.18 bits per heavy atom. The number of ether oxygens (including phenoxy) is 1. The summed E-state index contributed by atoms with van der Waals surface area (Å²) in [4.78, 5) is 8.38. The first-order valence-corrected chi connectivity index (χ1v) is 6.87. The Morgan fingerprint density at radius 3 is 2.77 bits per heavy atom. The smallest absolute Gasteiger partial charge is 0.226 e. The number of methoxy groups -OCH3 is 1. The molecule has 112 valence electrons. The van der Waals surface area contributed by atoms with Gasteiger partial charge >= 0.3 is 0 Å². The van der Waals surface area contributed by atoms with Crippen molar-refractivity contribution in [3.8, 4) is 11.6 Å². The SMILES string of the molecule is COc1ccnc(NC(C)c2cn(-c3ccccc3)nn2)n1. The number of anilines is 1. The van der Waals surface area contributed by atoms with Crippen LogP contribution in [-0.2, 0) is 0 Å². The molecule has 7 nitrogen and oxygen atoms in total. The standard InChI is InChI=1S/C15H16N6O/c1-11(17-15-16-9-8-14(18-15)22-2)13-10-21(20-19-13)12-6-4-3-5-7-12/h3-11H,1-2H3,(H,16,17,18). The minimum atomic E-state index is -0.0791. The average Bonchev–Trinajstić information content (AvgIpc) is 3.06. The maximum atomic E-state index is 5.08. The van der Waals surface area contributed by atoms with Gasteiger partial charge < -0.3 is 10.1 Å². The fourth-order valence-corrected chi connectivity index (χ4v) is 1.98. The molecule has 1 N–H and O–H groups in total. The molecule has 0 aliphatic rings. The molecule has 1 aromatic carbocycles. The molecule has 0 fully saturated rings. The summed E-state index contributed by atoms with van der Waals surface area (Å²) in [6, 6.07) is 11.5. The van der Waals surface area contributed by atoms with E-state index < -0.39 is 0 Å². The van der Waals surface area contributed by atoms with Crippen LogP contribution in [0.5, 0.6) is 5.88 Å². The topological polar surface area (TPSA) is 77.8 Å². The molecule has 0 aliphatic heterocycles. The third-order valence-electron chi connectivity index (χ3n) is 3.16. The Labute approximate surface area is 128 Å². The lowest BCUT2D eigenvalue weighted by atomic mass is 10.2. The second-order valence-corrected chi connectivity index (χ2v) is 4.71. The van der Waals surface area contributed by atoms with Crippen LogP contribution in [0.2, 0.25) is 0 Å². The van der Waals surface area contributed by atoms with Crippen LogP contribution in [0, 0.1) is 0 Å². The number of benzene rings is 1. The summed E-state index contributed by atoms with van der Waals surface area (Å²) in [5, 5.41) is 11.5. The van der Waals surface area contributed by atoms with Crippen LogP contribution in [0.25, 0.3) is 5.69 Å². The van der Waals surface area contributed by atoms with Crippen LogP contribution < -0.4 is 10.1 Å². The molecule has 2 heterocycles. The van der Waals surface area contributed by atoms with Crippen molar-refractivity contribution in [2.75, 3.05) is 12.4 Å². The van der Waals surface area contributed by atoms with Gasteiger partial charge in [-0.15, -0.1) is 5.10 Å². The number of rotatable bonds is 5. The summed E-state index contributed by atoms with van der Waals surface area (Å²) < 4.78 is 6.82. The zero-order valence-electron chi connectivity index (χ0n) is 12.3. The first-order valence-electron chi connectivity index (χ1n) is 6.87. The van der Waals surface area contributed by atoms with Crippen molar-refractivity contribution in [1.82, 2.24) is 25.0 Å². The molecule has 7 heteroatoms. The summed E-state index contributed by atoms with van der Waals surface area (Å²) >= 11 is 0.